The third-order valence-electron chi connectivity index (χ3n) is 2.80. The molecular formula is C11H17N3O3. The number of nitrogens with one attached hydrogen (secondary N) is 1. The van der Waals surface area contributed by atoms with Crippen LogP contribution in [-0.4, -0.2) is 55.2 Å². The van der Waals surface area contributed by atoms with Gasteiger partial charge in [-0.15, -0.1) is 0 Å². The quantitative estimate of drug-likeness (QED) is 0.807. The Labute approximate surface area is 99.9 Å². The van der Waals surface area contributed by atoms with Crippen LogP contribution in [0.15, 0.2) is 10.8 Å². The molecule has 1 aromatic rings. The highest BCUT2D eigenvalue weighted by molar-refractivity contribution is 5.92. The number of aromatic nitrogens is 1. The van der Waals surface area contributed by atoms with Crippen LogP contribution >= 0.6 is 0 Å². The number of carbonyl (C=O) groups is 1. The molecule has 6 heteroatoms. The van der Waals surface area contributed by atoms with Crippen LogP contribution in [0.5, 0.6) is 0 Å². The first-order valence-electron chi connectivity index (χ1n) is 5.68. The lowest BCUT2D eigenvalue weighted by Crippen LogP contribution is -2.48. The van der Waals surface area contributed by atoms with Gasteiger partial charge in [-0.2, -0.15) is 0 Å². The summed E-state index contributed by atoms with van der Waals surface area (Å²) in [4.78, 5) is 17.8. The van der Waals surface area contributed by atoms with Gasteiger partial charge in [0.2, 0.25) is 5.76 Å². The van der Waals surface area contributed by atoms with Crippen molar-refractivity contribution >= 4 is 5.91 Å². The Morgan fingerprint density at radius 1 is 1.71 bits per heavy atom. The van der Waals surface area contributed by atoms with Gasteiger partial charge in [-0.05, 0) is 14.0 Å². The monoisotopic (exact) mass is 239 g/mol. The van der Waals surface area contributed by atoms with Crippen molar-refractivity contribution in [3.05, 3.63) is 17.8 Å². The van der Waals surface area contributed by atoms with Crippen LogP contribution in [0.3, 0.4) is 0 Å². The Kier molecular flexibility index (Phi) is 3.75. The van der Waals surface area contributed by atoms with E-state index in [0.29, 0.717) is 31.2 Å². The van der Waals surface area contributed by atoms with Crippen LogP contribution in [0.2, 0.25) is 0 Å². The summed E-state index contributed by atoms with van der Waals surface area (Å²) in [7, 11) is 1.87. The lowest BCUT2D eigenvalue weighted by atomic mass is 10.2. The molecule has 0 radical (unpaired) electrons. The number of ether oxygens (including phenoxy) is 1. The molecule has 0 bridgehead atoms. The maximum absolute atomic E-state index is 12.1. The summed E-state index contributed by atoms with van der Waals surface area (Å²) in [6.07, 6.45) is 1.34. The molecular weight excluding hydrogens is 222 g/mol. The SMILES string of the molecule is CNCC1CN(C(=O)c2ocnc2C)CCO1. The third kappa shape index (κ3) is 2.65. The molecule has 2 heterocycles. The smallest absolute Gasteiger partial charge is 0.291 e. The summed E-state index contributed by atoms with van der Waals surface area (Å²) in [6.45, 7) is 4.24. The van der Waals surface area contributed by atoms with E-state index in [4.69, 9.17) is 9.15 Å². The maximum Gasteiger partial charge on any atom is 0.291 e. The van der Waals surface area contributed by atoms with Crippen LogP contribution in [0.25, 0.3) is 0 Å². The third-order valence-corrected chi connectivity index (χ3v) is 2.80. The van der Waals surface area contributed by atoms with Gasteiger partial charge in [0.25, 0.3) is 5.91 Å². The van der Waals surface area contributed by atoms with Gasteiger partial charge < -0.3 is 19.4 Å². The first-order chi connectivity index (χ1) is 8.22. The Bertz CT molecular complexity index is 389. The van der Waals surface area contributed by atoms with E-state index < -0.39 is 0 Å². The van der Waals surface area contributed by atoms with Gasteiger partial charge in [-0.1, -0.05) is 0 Å². The Balaban J connectivity index is 2.02. The number of oxazole rings is 1. The molecule has 1 saturated heterocycles. The van der Waals surface area contributed by atoms with E-state index in [1.54, 1.807) is 11.8 Å². The van der Waals surface area contributed by atoms with Crippen molar-refractivity contribution < 1.29 is 13.9 Å². The number of rotatable bonds is 3. The number of hydrogen-bond donors (Lipinski definition) is 1. The van der Waals surface area contributed by atoms with Crippen molar-refractivity contribution in [2.45, 2.75) is 13.0 Å². The summed E-state index contributed by atoms with van der Waals surface area (Å²) < 4.78 is 10.7. The summed E-state index contributed by atoms with van der Waals surface area (Å²) in [5, 5.41) is 3.04. The molecule has 0 aliphatic carbocycles. The van der Waals surface area contributed by atoms with E-state index in [2.05, 4.69) is 10.3 Å². The van der Waals surface area contributed by atoms with Crippen molar-refractivity contribution in [2.24, 2.45) is 0 Å². The van der Waals surface area contributed by atoms with Gasteiger partial charge in [0.05, 0.1) is 18.4 Å². The van der Waals surface area contributed by atoms with Crippen molar-refractivity contribution in [1.29, 1.82) is 0 Å². The Morgan fingerprint density at radius 3 is 3.18 bits per heavy atom. The molecule has 1 atom stereocenters. The number of aryl methyl sites for hydroxylation is 1. The molecule has 94 valence electrons. The van der Waals surface area contributed by atoms with E-state index >= 15 is 0 Å². The highest BCUT2D eigenvalue weighted by Crippen LogP contribution is 2.12. The number of hydrogen-bond acceptors (Lipinski definition) is 5. The predicted octanol–water partition coefficient (Wildman–Crippen LogP) is 0.0434. The van der Waals surface area contributed by atoms with E-state index in [-0.39, 0.29) is 12.0 Å². The van der Waals surface area contributed by atoms with Gasteiger partial charge in [0.15, 0.2) is 6.39 Å². The molecule has 1 amide bonds. The molecule has 1 aromatic heterocycles. The second kappa shape index (κ2) is 5.29. The molecule has 0 spiro atoms. The van der Waals surface area contributed by atoms with Crippen LogP contribution in [0.4, 0.5) is 0 Å². The summed E-state index contributed by atoms with van der Waals surface area (Å²) in [5.41, 5.74) is 0.631. The molecule has 1 aliphatic heterocycles. The van der Waals surface area contributed by atoms with E-state index in [9.17, 15) is 4.79 Å². The van der Waals surface area contributed by atoms with Gasteiger partial charge in [-0.25, -0.2) is 4.98 Å². The van der Waals surface area contributed by atoms with E-state index in [1.807, 2.05) is 7.05 Å². The molecule has 0 aromatic carbocycles. The number of amides is 1. The minimum absolute atomic E-state index is 0.0425. The lowest BCUT2D eigenvalue weighted by Gasteiger charge is -2.32. The van der Waals surface area contributed by atoms with Crippen LogP contribution < -0.4 is 5.32 Å². The van der Waals surface area contributed by atoms with Crippen molar-refractivity contribution in [2.75, 3.05) is 33.3 Å². The normalized spacial score (nSPS) is 20.6. The zero-order valence-electron chi connectivity index (χ0n) is 10.1. The fourth-order valence-electron chi connectivity index (χ4n) is 1.91. The van der Waals surface area contributed by atoms with Gasteiger partial charge >= 0.3 is 0 Å². The number of nitrogens with zero attached hydrogens (tertiary/aromatic N) is 2. The molecule has 0 saturated carbocycles. The average Bonchev–Trinajstić information content (AvgIpc) is 2.75. The first kappa shape index (κ1) is 12.1. The zero-order valence-corrected chi connectivity index (χ0v) is 10.1. The Morgan fingerprint density at radius 2 is 2.53 bits per heavy atom. The maximum atomic E-state index is 12.1. The summed E-state index contributed by atoms with van der Waals surface area (Å²) in [6, 6.07) is 0. The molecule has 1 N–H and O–H groups in total. The van der Waals surface area contributed by atoms with E-state index in [1.165, 1.54) is 6.39 Å². The van der Waals surface area contributed by atoms with Crippen molar-refractivity contribution in [3.8, 4) is 0 Å². The molecule has 1 fully saturated rings. The summed E-state index contributed by atoms with van der Waals surface area (Å²) in [5.74, 6) is 0.222. The largest absolute Gasteiger partial charge is 0.438 e. The van der Waals surface area contributed by atoms with Gasteiger partial charge in [0, 0.05) is 19.6 Å². The molecule has 1 aliphatic rings. The highest BCUT2D eigenvalue weighted by atomic mass is 16.5. The van der Waals surface area contributed by atoms with Gasteiger partial charge in [-0.3, -0.25) is 4.79 Å². The number of carbonyl (C=O) groups excluding carboxylic acids is 1. The minimum atomic E-state index is -0.107. The zero-order chi connectivity index (χ0) is 12.3. The lowest BCUT2D eigenvalue weighted by molar-refractivity contribution is -0.0206. The molecule has 17 heavy (non-hydrogen) atoms. The topological polar surface area (TPSA) is 67.6 Å². The highest BCUT2D eigenvalue weighted by Gasteiger charge is 2.27. The van der Waals surface area contributed by atoms with Crippen LogP contribution in [0.1, 0.15) is 16.2 Å². The van der Waals surface area contributed by atoms with Gasteiger partial charge in [0.1, 0.15) is 0 Å². The van der Waals surface area contributed by atoms with Crippen molar-refractivity contribution in [1.82, 2.24) is 15.2 Å². The summed E-state index contributed by atoms with van der Waals surface area (Å²) >= 11 is 0. The van der Waals surface area contributed by atoms with Crippen LogP contribution in [-0.2, 0) is 4.74 Å². The average molecular weight is 239 g/mol. The second-order valence-electron chi connectivity index (χ2n) is 4.07. The van der Waals surface area contributed by atoms with Crippen LogP contribution in [0, 0.1) is 6.92 Å². The molecule has 6 nitrogen and oxygen atoms in total. The second-order valence-corrected chi connectivity index (χ2v) is 4.07. The number of likely N-dealkylation sites (N-methyl/N-ethyl adjacent to an activating group) is 1. The fraction of sp³-hybridized carbons (Fsp3) is 0.636. The predicted molar refractivity (Wildman–Crippen MR) is 60.8 cm³/mol. The first-order valence-corrected chi connectivity index (χ1v) is 5.68. The van der Waals surface area contributed by atoms with Crippen molar-refractivity contribution in [3.63, 3.8) is 0 Å². The number of morpholine rings is 1. The molecule has 1 unspecified atom stereocenters. The minimum Gasteiger partial charge on any atom is -0.438 e. The molecule has 2 rings (SSSR count). The Hall–Kier alpha value is -1.40. The standard InChI is InChI=1S/C11H17N3O3/c1-8-10(17-7-13-8)11(15)14-3-4-16-9(6-14)5-12-2/h7,9,12H,3-6H2,1-2H3. The van der Waals surface area contributed by atoms with E-state index in [0.717, 1.165) is 6.54 Å². The fourth-order valence-corrected chi connectivity index (χ4v) is 1.91.